The molecule has 1 aliphatic heterocycles. The van der Waals surface area contributed by atoms with E-state index in [0.717, 1.165) is 12.0 Å². The first-order valence-electron chi connectivity index (χ1n) is 8.56. The van der Waals surface area contributed by atoms with Crippen molar-refractivity contribution in [2.45, 2.75) is 17.9 Å². The number of hydrogen-bond acceptors (Lipinski definition) is 4. The highest BCUT2D eigenvalue weighted by Gasteiger charge is 2.25. The first kappa shape index (κ1) is 20.0. The Labute approximate surface area is 167 Å². The van der Waals surface area contributed by atoms with Crippen molar-refractivity contribution in [1.82, 2.24) is 9.62 Å². The quantitative estimate of drug-likeness (QED) is 0.683. The molecule has 0 bridgehead atoms. The number of fused-ring (bicyclic) bond motifs is 1. The van der Waals surface area contributed by atoms with Gasteiger partial charge in [0, 0.05) is 31.2 Å². The van der Waals surface area contributed by atoms with Crippen LogP contribution in [0.25, 0.3) is 0 Å². The molecule has 0 saturated heterocycles. The third-order valence-corrected chi connectivity index (χ3v) is 6.64. The number of sulfonamides is 1. The zero-order valence-corrected chi connectivity index (χ0v) is 17.3. The third kappa shape index (κ3) is 4.57. The Morgan fingerprint density at radius 1 is 1.22 bits per heavy atom. The average Bonchev–Trinajstić information content (AvgIpc) is 2.67. The lowest BCUT2D eigenvalue weighted by Gasteiger charge is -2.29. The van der Waals surface area contributed by atoms with Crippen LogP contribution in [0.5, 0.6) is 0 Å². The summed E-state index contributed by atoms with van der Waals surface area (Å²) >= 11 is 3.38. The Kier molecular flexibility index (Phi) is 6.31. The topological polar surface area (TPSA) is 75.7 Å². The lowest BCUT2D eigenvalue weighted by Crippen LogP contribution is -2.36. The van der Waals surface area contributed by atoms with Gasteiger partial charge in [-0.1, -0.05) is 24.3 Å². The van der Waals surface area contributed by atoms with Crippen LogP contribution < -0.4 is 4.72 Å². The summed E-state index contributed by atoms with van der Waals surface area (Å²) in [5, 5.41) is 0. The molecule has 0 saturated carbocycles. The number of amides is 1. The molecule has 6 nitrogen and oxygen atoms in total. The Morgan fingerprint density at radius 2 is 1.96 bits per heavy atom. The van der Waals surface area contributed by atoms with Gasteiger partial charge >= 0.3 is 0 Å². The van der Waals surface area contributed by atoms with E-state index < -0.39 is 10.0 Å². The summed E-state index contributed by atoms with van der Waals surface area (Å²) in [4.78, 5) is 14.8. The minimum atomic E-state index is -3.71. The second-order valence-electron chi connectivity index (χ2n) is 6.28. The van der Waals surface area contributed by atoms with Gasteiger partial charge in [-0.05, 0) is 51.7 Å². The number of halogens is 1. The largest absolute Gasteiger partial charge is 0.383 e. The Balaban J connectivity index is 1.83. The van der Waals surface area contributed by atoms with Gasteiger partial charge < -0.3 is 9.64 Å². The van der Waals surface area contributed by atoms with Crippen molar-refractivity contribution in [3.05, 3.63) is 63.6 Å². The highest BCUT2D eigenvalue weighted by Crippen LogP contribution is 2.25. The van der Waals surface area contributed by atoms with Gasteiger partial charge in [0.1, 0.15) is 0 Å². The van der Waals surface area contributed by atoms with Gasteiger partial charge in [-0.3, -0.25) is 4.79 Å². The summed E-state index contributed by atoms with van der Waals surface area (Å²) < 4.78 is 32.8. The third-order valence-electron chi connectivity index (χ3n) is 4.49. The first-order chi connectivity index (χ1) is 12.9. The van der Waals surface area contributed by atoms with Gasteiger partial charge in [0.15, 0.2) is 0 Å². The van der Waals surface area contributed by atoms with Crippen molar-refractivity contribution in [3.63, 3.8) is 0 Å². The minimum Gasteiger partial charge on any atom is -0.383 e. The van der Waals surface area contributed by atoms with E-state index >= 15 is 0 Å². The molecule has 1 heterocycles. The van der Waals surface area contributed by atoms with Crippen LogP contribution >= 0.6 is 15.9 Å². The van der Waals surface area contributed by atoms with E-state index in [9.17, 15) is 13.2 Å². The molecule has 0 aromatic heterocycles. The van der Waals surface area contributed by atoms with Crippen LogP contribution in [-0.4, -0.2) is 46.0 Å². The second kappa shape index (κ2) is 8.52. The number of nitrogens with zero attached hydrogens (tertiary/aromatic N) is 1. The Bertz CT molecular complexity index is 946. The average molecular weight is 453 g/mol. The standard InChI is InChI=1S/C19H21BrN2O4S/c1-26-11-9-21-27(24,25)16-6-7-18(20)17(12-16)19(23)22-10-8-14-4-2-3-5-15(14)13-22/h2-7,12,21H,8-11,13H2,1H3. The predicted octanol–water partition coefficient (Wildman–Crippen LogP) is 2.57. The smallest absolute Gasteiger partial charge is 0.255 e. The summed E-state index contributed by atoms with van der Waals surface area (Å²) in [6, 6.07) is 12.5. The van der Waals surface area contributed by atoms with E-state index in [-0.39, 0.29) is 24.0 Å². The molecule has 0 unspecified atom stereocenters. The normalized spacial score (nSPS) is 14.1. The van der Waals surface area contributed by atoms with Crippen LogP contribution in [0.4, 0.5) is 0 Å². The zero-order chi connectivity index (χ0) is 19.4. The number of carbonyl (C=O) groups is 1. The second-order valence-corrected chi connectivity index (χ2v) is 8.90. The maximum Gasteiger partial charge on any atom is 0.255 e. The fourth-order valence-electron chi connectivity index (χ4n) is 3.04. The number of ether oxygens (including phenoxy) is 1. The van der Waals surface area contributed by atoms with E-state index in [1.807, 2.05) is 18.2 Å². The van der Waals surface area contributed by atoms with Crippen LogP contribution in [0.15, 0.2) is 51.8 Å². The van der Waals surface area contributed by atoms with Crippen LogP contribution in [0.3, 0.4) is 0 Å². The number of carbonyl (C=O) groups excluding carboxylic acids is 1. The Hall–Kier alpha value is -1.74. The maximum atomic E-state index is 13.0. The van der Waals surface area contributed by atoms with Crippen LogP contribution in [0.2, 0.25) is 0 Å². The minimum absolute atomic E-state index is 0.0579. The van der Waals surface area contributed by atoms with Crippen LogP contribution in [0, 0.1) is 0 Å². The van der Waals surface area contributed by atoms with Crippen molar-refractivity contribution in [3.8, 4) is 0 Å². The van der Waals surface area contributed by atoms with Gasteiger partial charge in [-0.25, -0.2) is 13.1 Å². The molecular formula is C19H21BrN2O4S. The monoisotopic (exact) mass is 452 g/mol. The molecule has 2 aromatic carbocycles. The van der Waals surface area contributed by atoms with E-state index in [1.165, 1.54) is 24.8 Å². The SMILES string of the molecule is COCCNS(=O)(=O)c1ccc(Br)c(C(=O)N2CCc3ccccc3C2)c1. The number of benzene rings is 2. The molecule has 2 aromatic rings. The molecule has 0 aliphatic carbocycles. The predicted molar refractivity (Wildman–Crippen MR) is 106 cm³/mol. The van der Waals surface area contributed by atoms with E-state index in [4.69, 9.17) is 4.74 Å². The lowest BCUT2D eigenvalue weighted by molar-refractivity contribution is 0.0733. The highest BCUT2D eigenvalue weighted by atomic mass is 79.9. The van der Waals surface area contributed by atoms with Gasteiger partial charge in [-0.2, -0.15) is 0 Å². The number of methoxy groups -OCH3 is 1. The van der Waals surface area contributed by atoms with E-state index in [2.05, 4.69) is 26.7 Å². The summed E-state index contributed by atoms with van der Waals surface area (Å²) in [7, 11) is -2.20. The van der Waals surface area contributed by atoms with Gasteiger partial charge in [0.05, 0.1) is 17.1 Å². The number of hydrogen-bond donors (Lipinski definition) is 1. The fraction of sp³-hybridized carbons (Fsp3) is 0.316. The molecule has 1 aliphatic rings. The molecule has 3 rings (SSSR count). The van der Waals surface area contributed by atoms with Crippen molar-refractivity contribution in [2.75, 3.05) is 26.8 Å². The molecule has 0 radical (unpaired) electrons. The summed E-state index contributed by atoms with van der Waals surface area (Å²) in [6.07, 6.45) is 0.788. The molecule has 0 fully saturated rings. The molecule has 144 valence electrons. The first-order valence-corrected chi connectivity index (χ1v) is 10.8. The lowest BCUT2D eigenvalue weighted by atomic mass is 9.99. The van der Waals surface area contributed by atoms with Crippen molar-refractivity contribution < 1.29 is 17.9 Å². The number of rotatable bonds is 6. The highest BCUT2D eigenvalue weighted by molar-refractivity contribution is 9.10. The van der Waals surface area contributed by atoms with Crippen molar-refractivity contribution in [1.29, 1.82) is 0 Å². The molecule has 0 atom stereocenters. The van der Waals surface area contributed by atoms with Crippen molar-refractivity contribution >= 4 is 31.9 Å². The molecular weight excluding hydrogens is 432 g/mol. The Morgan fingerprint density at radius 3 is 2.70 bits per heavy atom. The molecule has 1 N–H and O–H groups in total. The fourth-order valence-corrected chi connectivity index (χ4v) is 4.49. The van der Waals surface area contributed by atoms with E-state index in [1.54, 1.807) is 11.0 Å². The molecule has 27 heavy (non-hydrogen) atoms. The number of nitrogens with one attached hydrogen (secondary N) is 1. The van der Waals surface area contributed by atoms with Crippen LogP contribution in [0.1, 0.15) is 21.5 Å². The summed E-state index contributed by atoms with van der Waals surface area (Å²) in [6.45, 7) is 1.56. The van der Waals surface area contributed by atoms with Crippen LogP contribution in [-0.2, 0) is 27.7 Å². The van der Waals surface area contributed by atoms with Gasteiger partial charge in [0.25, 0.3) is 5.91 Å². The summed E-state index contributed by atoms with van der Waals surface area (Å²) in [5.74, 6) is -0.190. The summed E-state index contributed by atoms with van der Waals surface area (Å²) in [5.41, 5.74) is 2.71. The maximum absolute atomic E-state index is 13.0. The molecule has 8 heteroatoms. The molecule has 0 spiro atoms. The van der Waals surface area contributed by atoms with Crippen molar-refractivity contribution in [2.24, 2.45) is 0 Å². The van der Waals surface area contributed by atoms with E-state index in [0.29, 0.717) is 23.1 Å². The molecule has 1 amide bonds. The van der Waals surface area contributed by atoms with Gasteiger partial charge in [0.2, 0.25) is 10.0 Å². The zero-order valence-electron chi connectivity index (χ0n) is 14.9. The van der Waals surface area contributed by atoms with Gasteiger partial charge in [-0.15, -0.1) is 0 Å².